The zero-order chi connectivity index (χ0) is 13.7. The van der Waals surface area contributed by atoms with Crippen molar-refractivity contribution < 1.29 is 4.79 Å². The maximum Gasteiger partial charge on any atom is 0.241 e. The molecular formula is C14H16BrN3O. The van der Waals surface area contributed by atoms with Crippen molar-refractivity contribution >= 4 is 21.8 Å². The fraction of sp³-hybridized carbons (Fsp3) is 0.286. The fourth-order valence-corrected chi connectivity index (χ4v) is 2.28. The van der Waals surface area contributed by atoms with Crippen LogP contribution in [0.1, 0.15) is 11.1 Å². The summed E-state index contributed by atoms with van der Waals surface area (Å²) in [6.07, 6.45) is 4.41. The van der Waals surface area contributed by atoms with E-state index in [9.17, 15) is 4.79 Å². The highest BCUT2D eigenvalue weighted by molar-refractivity contribution is 9.10. The van der Waals surface area contributed by atoms with Crippen LogP contribution in [0, 0.1) is 6.92 Å². The van der Waals surface area contributed by atoms with Gasteiger partial charge in [-0.15, -0.1) is 0 Å². The maximum atomic E-state index is 11.7. The van der Waals surface area contributed by atoms with Crippen LogP contribution >= 0.6 is 15.9 Å². The van der Waals surface area contributed by atoms with Gasteiger partial charge in [-0.1, -0.05) is 34.1 Å². The van der Waals surface area contributed by atoms with Crippen LogP contribution in [0.3, 0.4) is 0 Å². The lowest BCUT2D eigenvalue weighted by Crippen LogP contribution is -2.29. The van der Waals surface area contributed by atoms with Crippen molar-refractivity contribution in [2.45, 2.75) is 19.9 Å². The van der Waals surface area contributed by atoms with Crippen molar-refractivity contribution in [3.05, 3.63) is 52.3 Å². The van der Waals surface area contributed by atoms with E-state index in [1.807, 2.05) is 37.4 Å². The van der Waals surface area contributed by atoms with E-state index in [2.05, 4.69) is 26.3 Å². The van der Waals surface area contributed by atoms with Gasteiger partial charge in [0.15, 0.2) is 0 Å². The van der Waals surface area contributed by atoms with Gasteiger partial charge >= 0.3 is 0 Å². The molecule has 0 saturated carbocycles. The number of aromatic nitrogens is 2. The molecule has 19 heavy (non-hydrogen) atoms. The van der Waals surface area contributed by atoms with Crippen LogP contribution < -0.4 is 5.32 Å². The first-order valence-corrected chi connectivity index (χ1v) is 6.93. The van der Waals surface area contributed by atoms with Crippen molar-refractivity contribution in [1.82, 2.24) is 15.1 Å². The summed E-state index contributed by atoms with van der Waals surface area (Å²) in [6, 6.07) is 8.03. The zero-order valence-electron chi connectivity index (χ0n) is 10.8. The van der Waals surface area contributed by atoms with Gasteiger partial charge in [-0.2, -0.15) is 5.10 Å². The summed E-state index contributed by atoms with van der Waals surface area (Å²) in [5.41, 5.74) is 2.25. The predicted molar refractivity (Wildman–Crippen MR) is 77.8 cm³/mol. The van der Waals surface area contributed by atoms with E-state index < -0.39 is 0 Å². The Morgan fingerprint density at radius 2 is 2.21 bits per heavy atom. The molecule has 0 spiro atoms. The number of carbonyl (C=O) groups excluding carboxylic acids is 1. The van der Waals surface area contributed by atoms with Crippen LogP contribution in [0.25, 0.3) is 0 Å². The van der Waals surface area contributed by atoms with Gasteiger partial charge in [0.1, 0.15) is 6.54 Å². The summed E-state index contributed by atoms with van der Waals surface area (Å²) < 4.78 is 2.72. The molecule has 0 radical (unpaired) electrons. The van der Waals surface area contributed by atoms with Crippen LogP contribution in [0.4, 0.5) is 0 Å². The van der Waals surface area contributed by atoms with Gasteiger partial charge in [0.25, 0.3) is 0 Å². The molecule has 4 nitrogen and oxygen atoms in total. The number of hydrogen-bond donors (Lipinski definition) is 1. The molecular weight excluding hydrogens is 306 g/mol. The van der Waals surface area contributed by atoms with Crippen LogP contribution in [-0.4, -0.2) is 22.2 Å². The van der Waals surface area contributed by atoms with Crippen molar-refractivity contribution in [3.8, 4) is 0 Å². The van der Waals surface area contributed by atoms with E-state index in [0.29, 0.717) is 6.54 Å². The first-order chi connectivity index (χ1) is 9.15. The third-order valence-electron chi connectivity index (χ3n) is 2.74. The minimum absolute atomic E-state index is 0.0184. The number of amides is 1. The highest BCUT2D eigenvalue weighted by Gasteiger charge is 2.04. The second-order valence-electron chi connectivity index (χ2n) is 4.41. The Morgan fingerprint density at radius 1 is 1.42 bits per heavy atom. The second-order valence-corrected chi connectivity index (χ2v) is 5.26. The Bertz CT molecular complexity index is 565. The van der Waals surface area contributed by atoms with Gasteiger partial charge in [0.05, 0.1) is 6.20 Å². The lowest BCUT2D eigenvalue weighted by molar-refractivity contribution is -0.121. The van der Waals surface area contributed by atoms with E-state index in [-0.39, 0.29) is 12.5 Å². The molecule has 0 saturated heterocycles. The highest BCUT2D eigenvalue weighted by Crippen LogP contribution is 2.15. The molecule has 5 heteroatoms. The summed E-state index contributed by atoms with van der Waals surface area (Å²) >= 11 is 3.49. The van der Waals surface area contributed by atoms with Crippen molar-refractivity contribution in [3.63, 3.8) is 0 Å². The van der Waals surface area contributed by atoms with Crippen LogP contribution in [-0.2, 0) is 17.8 Å². The van der Waals surface area contributed by atoms with E-state index >= 15 is 0 Å². The zero-order valence-corrected chi connectivity index (χ0v) is 12.4. The topological polar surface area (TPSA) is 46.9 Å². The Morgan fingerprint density at radius 3 is 2.89 bits per heavy atom. The smallest absolute Gasteiger partial charge is 0.241 e. The molecule has 0 aliphatic heterocycles. The van der Waals surface area contributed by atoms with E-state index in [1.165, 1.54) is 5.56 Å². The molecule has 0 aliphatic rings. The first kappa shape index (κ1) is 13.8. The molecule has 1 amide bonds. The third-order valence-corrected chi connectivity index (χ3v) is 3.52. The number of aryl methyl sites for hydroxylation is 1. The standard InChI is InChI=1S/C14H16BrN3O/c1-11-8-17-18(9-11)10-14(19)16-7-6-12-4-2-3-5-13(12)15/h2-5,8-9H,6-7,10H2,1H3,(H,16,19). The molecule has 0 atom stereocenters. The number of nitrogens with zero attached hydrogens (tertiary/aromatic N) is 2. The molecule has 1 N–H and O–H groups in total. The average molecular weight is 322 g/mol. The molecule has 2 rings (SSSR count). The van der Waals surface area contributed by atoms with Gasteiger partial charge in [0.2, 0.25) is 5.91 Å². The van der Waals surface area contributed by atoms with E-state index in [4.69, 9.17) is 0 Å². The summed E-state index contributed by atoms with van der Waals surface area (Å²) in [5, 5.41) is 6.98. The Balaban J connectivity index is 1.77. The van der Waals surface area contributed by atoms with Gasteiger partial charge in [0, 0.05) is 17.2 Å². The largest absolute Gasteiger partial charge is 0.354 e. The number of nitrogens with one attached hydrogen (secondary N) is 1. The van der Waals surface area contributed by atoms with Gasteiger partial charge in [-0.3, -0.25) is 9.48 Å². The molecule has 1 aromatic heterocycles. The Kier molecular flexibility index (Phi) is 4.74. The van der Waals surface area contributed by atoms with Crippen molar-refractivity contribution in [2.75, 3.05) is 6.54 Å². The molecule has 100 valence electrons. The third kappa shape index (κ3) is 4.21. The number of benzene rings is 1. The Hall–Kier alpha value is -1.62. The summed E-state index contributed by atoms with van der Waals surface area (Å²) in [4.78, 5) is 11.7. The lowest BCUT2D eigenvalue weighted by atomic mass is 10.1. The number of carbonyl (C=O) groups is 1. The SMILES string of the molecule is Cc1cnn(CC(=O)NCCc2ccccc2Br)c1. The molecule has 1 heterocycles. The summed E-state index contributed by atoms with van der Waals surface area (Å²) in [7, 11) is 0. The molecule has 0 bridgehead atoms. The van der Waals surface area contributed by atoms with Crippen molar-refractivity contribution in [2.24, 2.45) is 0 Å². The number of hydrogen-bond acceptors (Lipinski definition) is 2. The minimum atomic E-state index is -0.0184. The number of rotatable bonds is 5. The molecule has 0 fully saturated rings. The molecule has 2 aromatic rings. The quantitative estimate of drug-likeness (QED) is 0.918. The molecule has 1 aromatic carbocycles. The van der Waals surface area contributed by atoms with E-state index in [1.54, 1.807) is 10.9 Å². The monoisotopic (exact) mass is 321 g/mol. The maximum absolute atomic E-state index is 11.7. The van der Waals surface area contributed by atoms with Crippen LogP contribution in [0.15, 0.2) is 41.1 Å². The van der Waals surface area contributed by atoms with Crippen LogP contribution in [0.2, 0.25) is 0 Å². The van der Waals surface area contributed by atoms with Gasteiger partial charge < -0.3 is 5.32 Å². The normalized spacial score (nSPS) is 10.4. The molecule has 0 unspecified atom stereocenters. The second kappa shape index (κ2) is 6.52. The van der Waals surface area contributed by atoms with Gasteiger partial charge in [-0.25, -0.2) is 0 Å². The molecule has 0 aliphatic carbocycles. The summed E-state index contributed by atoms with van der Waals surface area (Å²) in [5.74, 6) is -0.0184. The van der Waals surface area contributed by atoms with E-state index in [0.717, 1.165) is 16.5 Å². The summed E-state index contributed by atoms with van der Waals surface area (Å²) in [6.45, 7) is 2.85. The lowest BCUT2D eigenvalue weighted by Gasteiger charge is -2.07. The van der Waals surface area contributed by atoms with Gasteiger partial charge in [-0.05, 0) is 30.5 Å². The number of halogens is 1. The van der Waals surface area contributed by atoms with Crippen LogP contribution in [0.5, 0.6) is 0 Å². The van der Waals surface area contributed by atoms with Crippen molar-refractivity contribution in [1.29, 1.82) is 0 Å². The highest BCUT2D eigenvalue weighted by atomic mass is 79.9. The minimum Gasteiger partial charge on any atom is -0.354 e. The fourth-order valence-electron chi connectivity index (χ4n) is 1.79. The predicted octanol–water partition coefficient (Wildman–Crippen LogP) is 2.31. The average Bonchev–Trinajstić information content (AvgIpc) is 2.77. The first-order valence-electron chi connectivity index (χ1n) is 6.14. The Labute approximate surface area is 120 Å².